The molecule has 4 aromatic rings. The second kappa shape index (κ2) is 8.66. The highest BCUT2D eigenvalue weighted by Crippen LogP contribution is 2.41. The van der Waals surface area contributed by atoms with E-state index in [-0.39, 0.29) is 29.4 Å². The second-order valence-electron chi connectivity index (χ2n) is 8.19. The van der Waals surface area contributed by atoms with Gasteiger partial charge in [0.2, 0.25) is 0 Å². The Kier molecular flexibility index (Phi) is 5.53. The predicted octanol–water partition coefficient (Wildman–Crippen LogP) is 3.99. The quantitative estimate of drug-likeness (QED) is 0.445. The average molecular weight is 463 g/mol. The monoisotopic (exact) mass is 463 g/mol. The van der Waals surface area contributed by atoms with Crippen LogP contribution in [-0.2, 0) is 19.4 Å². The number of aromatic amines is 1. The largest absolute Gasteiger partial charge is 0.506 e. The summed E-state index contributed by atoms with van der Waals surface area (Å²) in [7, 11) is 0. The number of fused-ring (bicyclic) bond motifs is 1. The average Bonchev–Trinajstić information content (AvgIpc) is 3.47. The van der Waals surface area contributed by atoms with Gasteiger partial charge >= 0.3 is 5.76 Å². The lowest BCUT2D eigenvalue weighted by Crippen LogP contribution is -2.04. The first-order valence-corrected chi connectivity index (χ1v) is 10.8. The van der Waals surface area contributed by atoms with Gasteiger partial charge in [-0.15, -0.1) is 0 Å². The minimum atomic E-state index is -0.641. The van der Waals surface area contributed by atoms with E-state index in [0.29, 0.717) is 42.2 Å². The Bertz CT molecular complexity index is 1440. The highest BCUT2D eigenvalue weighted by Gasteiger charge is 2.24. The molecule has 2 N–H and O–H groups in total. The molecule has 0 saturated carbocycles. The van der Waals surface area contributed by atoms with E-state index in [9.17, 15) is 14.3 Å². The number of aromatic hydroxyl groups is 1. The predicted molar refractivity (Wildman–Crippen MR) is 121 cm³/mol. The number of rotatable bonds is 6. The highest BCUT2D eigenvalue weighted by molar-refractivity contribution is 5.67. The topological polar surface area (TPSA) is 110 Å². The van der Waals surface area contributed by atoms with Crippen molar-refractivity contribution in [1.29, 1.82) is 0 Å². The van der Waals surface area contributed by atoms with Gasteiger partial charge in [0.1, 0.15) is 23.9 Å². The van der Waals surface area contributed by atoms with Gasteiger partial charge in [-0.3, -0.25) is 9.51 Å². The molecular formula is C25H22FN3O5. The molecule has 0 spiro atoms. The molecular weight excluding hydrogens is 441 g/mol. The summed E-state index contributed by atoms with van der Waals surface area (Å²) in [4.78, 5) is 18.2. The number of pyridine rings is 1. The lowest BCUT2D eigenvalue weighted by Gasteiger charge is -2.16. The zero-order valence-electron chi connectivity index (χ0n) is 18.6. The van der Waals surface area contributed by atoms with Gasteiger partial charge in [0.05, 0.1) is 6.61 Å². The maximum atomic E-state index is 14.7. The third-order valence-corrected chi connectivity index (χ3v) is 5.87. The number of halogens is 1. The molecule has 0 fully saturated rings. The standard InChI is InChI=1S/C25H22FN3O5/c1-13-4-3-5-17(22(13)26)23-19(30)7-6-15(27-23)11-18-14(2)10-20(24-16(18)8-9-32-24)33-12-21-28-25(31)34-29-21/h3-7,10,30H,8-9,11-12H2,1-2H3,(H,28,29,31). The number of benzene rings is 2. The van der Waals surface area contributed by atoms with E-state index in [1.807, 2.05) is 13.0 Å². The van der Waals surface area contributed by atoms with Gasteiger partial charge in [0.25, 0.3) is 0 Å². The number of nitrogens with zero attached hydrogens (tertiary/aromatic N) is 2. The van der Waals surface area contributed by atoms with Gasteiger partial charge in [-0.25, -0.2) is 14.2 Å². The van der Waals surface area contributed by atoms with Crippen molar-refractivity contribution < 1.29 is 23.5 Å². The van der Waals surface area contributed by atoms with Crippen LogP contribution in [0.5, 0.6) is 17.2 Å². The summed E-state index contributed by atoms with van der Waals surface area (Å²) in [5.74, 6) is 0.366. The van der Waals surface area contributed by atoms with Crippen molar-refractivity contribution >= 4 is 0 Å². The van der Waals surface area contributed by atoms with Crippen molar-refractivity contribution in [3.8, 4) is 28.5 Å². The maximum absolute atomic E-state index is 14.7. The fourth-order valence-electron chi connectivity index (χ4n) is 4.17. The van der Waals surface area contributed by atoms with Crippen LogP contribution in [-0.4, -0.2) is 26.8 Å². The first-order valence-electron chi connectivity index (χ1n) is 10.8. The van der Waals surface area contributed by atoms with Gasteiger partial charge in [-0.1, -0.05) is 17.3 Å². The first-order chi connectivity index (χ1) is 16.4. The lowest BCUT2D eigenvalue weighted by molar-refractivity contribution is 0.264. The zero-order valence-corrected chi connectivity index (χ0v) is 18.6. The van der Waals surface area contributed by atoms with Crippen LogP contribution in [0.2, 0.25) is 0 Å². The normalized spacial score (nSPS) is 12.4. The SMILES string of the molecule is Cc1cccc(-c2nc(Cc3c(C)cc(OCc4noc(=O)[nH]4)c4c3CCO4)ccc2O)c1F. The molecule has 2 aromatic heterocycles. The fraction of sp³-hybridized carbons (Fsp3) is 0.240. The van der Waals surface area contributed by atoms with E-state index in [1.54, 1.807) is 37.3 Å². The van der Waals surface area contributed by atoms with Crippen LogP contribution in [0.1, 0.15) is 33.8 Å². The summed E-state index contributed by atoms with van der Waals surface area (Å²) in [5, 5.41) is 14.0. The van der Waals surface area contributed by atoms with Crippen LogP contribution in [0, 0.1) is 19.7 Å². The van der Waals surface area contributed by atoms with Gasteiger partial charge in [0.15, 0.2) is 17.3 Å². The number of nitrogens with one attached hydrogen (secondary N) is 1. The van der Waals surface area contributed by atoms with Crippen molar-refractivity contribution in [1.82, 2.24) is 15.1 Å². The molecule has 0 saturated heterocycles. The fourth-order valence-corrected chi connectivity index (χ4v) is 4.17. The molecule has 0 unspecified atom stereocenters. The van der Waals surface area contributed by atoms with E-state index >= 15 is 0 Å². The molecule has 0 radical (unpaired) electrons. The van der Waals surface area contributed by atoms with E-state index < -0.39 is 11.6 Å². The van der Waals surface area contributed by atoms with Crippen LogP contribution in [0.4, 0.5) is 4.39 Å². The molecule has 1 aliphatic heterocycles. The molecule has 8 nitrogen and oxygen atoms in total. The summed E-state index contributed by atoms with van der Waals surface area (Å²) in [6, 6.07) is 10.2. The molecule has 2 aromatic carbocycles. The minimum absolute atomic E-state index is 0.0330. The third kappa shape index (κ3) is 4.00. The van der Waals surface area contributed by atoms with Crippen molar-refractivity contribution in [2.45, 2.75) is 33.3 Å². The van der Waals surface area contributed by atoms with Crippen LogP contribution in [0.3, 0.4) is 0 Å². The van der Waals surface area contributed by atoms with E-state index in [4.69, 9.17) is 9.47 Å². The smallest absolute Gasteiger partial charge is 0.439 e. The van der Waals surface area contributed by atoms with Gasteiger partial charge < -0.3 is 14.6 Å². The summed E-state index contributed by atoms with van der Waals surface area (Å²) in [6.07, 6.45) is 1.19. The zero-order chi connectivity index (χ0) is 23.8. The maximum Gasteiger partial charge on any atom is 0.439 e. The number of hydrogen-bond donors (Lipinski definition) is 2. The van der Waals surface area contributed by atoms with Gasteiger partial charge in [0, 0.05) is 29.7 Å². The van der Waals surface area contributed by atoms with E-state index in [1.165, 1.54) is 0 Å². The molecule has 1 aliphatic rings. The van der Waals surface area contributed by atoms with Crippen molar-refractivity contribution in [2.24, 2.45) is 0 Å². The minimum Gasteiger partial charge on any atom is -0.506 e. The number of hydrogen-bond acceptors (Lipinski definition) is 7. The summed E-state index contributed by atoms with van der Waals surface area (Å²) in [5.41, 5.74) is 4.70. The molecule has 0 bridgehead atoms. The summed E-state index contributed by atoms with van der Waals surface area (Å²) < 4.78 is 30.9. The number of aromatic nitrogens is 3. The molecule has 0 atom stereocenters. The van der Waals surface area contributed by atoms with Crippen molar-refractivity contribution in [3.63, 3.8) is 0 Å². The Labute approximate surface area is 194 Å². The molecule has 5 rings (SSSR count). The Morgan fingerprint density at radius 2 is 2.06 bits per heavy atom. The van der Waals surface area contributed by atoms with E-state index in [0.717, 1.165) is 16.7 Å². The Morgan fingerprint density at radius 1 is 1.21 bits per heavy atom. The van der Waals surface area contributed by atoms with E-state index in [2.05, 4.69) is 19.6 Å². The van der Waals surface area contributed by atoms with Crippen LogP contribution < -0.4 is 15.2 Å². The summed E-state index contributed by atoms with van der Waals surface area (Å²) in [6.45, 7) is 4.20. The van der Waals surface area contributed by atoms with Crippen molar-refractivity contribution in [3.05, 3.63) is 86.5 Å². The molecule has 0 aliphatic carbocycles. The molecule has 9 heteroatoms. The van der Waals surface area contributed by atoms with Crippen LogP contribution >= 0.6 is 0 Å². The Morgan fingerprint density at radius 3 is 2.85 bits per heavy atom. The number of aryl methyl sites for hydroxylation is 2. The van der Waals surface area contributed by atoms with Crippen molar-refractivity contribution in [2.75, 3.05) is 6.61 Å². The Balaban J connectivity index is 1.47. The molecule has 0 amide bonds. The Hall–Kier alpha value is -4.14. The molecule has 174 valence electrons. The first kappa shape index (κ1) is 21.7. The molecule has 3 heterocycles. The van der Waals surface area contributed by atoms with Gasteiger partial charge in [-0.05, 0) is 54.8 Å². The number of ether oxygens (including phenoxy) is 2. The number of H-pyrrole nitrogens is 1. The second-order valence-corrected chi connectivity index (χ2v) is 8.19. The van der Waals surface area contributed by atoms with Gasteiger partial charge in [-0.2, -0.15) is 0 Å². The van der Waals surface area contributed by atoms with Crippen LogP contribution in [0.15, 0.2) is 45.7 Å². The third-order valence-electron chi connectivity index (χ3n) is 5.87. The summed E-state index contributed by atoms with van der Waals surface area (Å²) >= 11 is 0. The lowest BCUT2D eigenvalue weighted by atomic mass is 9.95. The molecule has 34 heavy (non-hydrogen) atoms. The highest BCUT2D eigenvalue weighted by atomic mass is 19.1. The van der Waals surface area contributed by atoms with Crippen LogP contribution in [0.25, 0.3) is 11.3 Å².